The predicted octanol–water partition coefficient (Wildman–Crippen LogP) is 10.9. The summed E-state index contributed by atoms with van der Waals surface area (Å²) in [5.41, 5.74) is 1.08. The van der Waals surface area contributed by atoms with Crippen LogP contribution in [0.15, 0.2) is 101 Å². The van der Waals surface area contributed by atoms with Crippen LogP contribution in [0.25, 0.3) is 0 Å². The molecule has 2 N–H and O–H groups in total. The summed E-state index contributed by atoms with van der Waals surface area (Å²) in [6, 6.07) is 28.6. The molecule has 1 unspecified atom stereocenters. The topological polar surface area (TPSA) is 152 Å². The quantitative estimate of drug-likeness (QED) is 0.0127. The Bertz CT molecular complexity index is 2190. The van der Waals surface area contributed by atoms with Crippen LogP contribution in [0.1, 0.15) is 109 Å². The van der Waals surface area contributed by atoms with E-state index in [0.717, 1.165) is 48.1 Å². The lowest BCUT2D eigenvalue weighted by Gasteiger charge is -2.37. The first-order chi connectivity index (χ1) is 33.2. The molecule has 3 aromatic carbocycles. The Morgan fingerprint density at radius 3 is 2.14 bits per heavy atom. The van der Waals surface area contributed by atoms with Crippen molar-refractivity contribution in [1.82, 2.24) is 19.5 Å². The van der Waals surface area contributed by atoms with Crippen molar-refractivity contribution in [3.63, 3.8) is 0 Å². The molecule has 1 fully saturated rings. The molecule has 0 aliphatic carbocycles. The molecule has 1 saturated heterocycles. The zero-order valence-corrected chi connectivity index (χ0v) is 44.6. The maximum absolute atomic E-state index is 13.1. The van der Waals surface area contributed by atoms with Crippen LogP contribution < -0.4 is 21.3 Å². The number of alkyl halides is 1. The van der Waals surface area contributed by atoms with Crippen molar-refractivity contribution in [2.24, 2.45) is 0 Å². The number of unbranched alkanes of at least 4 members (excludes halogenated alkanes) is 3. The highest BCUT2D eigenvalue weighted by Gasteiger charge is 2.43. The highest BCUT2D eigenvalue weighted by Crippen LogP contribution is 2.46. The lowest BCUT2D eigenvalue weighted by atomic mass is 9.80. The number of carbonyl (C=O) groups excluding carboxylic acids is 1. The van der Waals surface area contributed by atoms with E-state index in [1.54, 1.807) is 35.6 Å². The first kappa shape index (κ1) is 56.5. The fourth-order valence-electron chi connectivity index (χ4n) is 8.08. The Labute approximate surface area is 422 Å². The third-order valence-electron chi connectivity index (χ3n) is 11.6. The maximum atomic E-state index is 13.1. The lowest BCUT2D eigenvalue weighted by Crippen LogP contribution is -2.38. The smallest absolute Gasteiger partial charge is 0.407 e. The molecule has 0 saturated carbocycles. The van der Waals surface area contributed by atoms with Gasteiger partial charge in [0.05, 0.1) is 39.6 Å². The number of amides is 1. The van der Waals surface area contributed by atoms with Gasteiger partial charge in [0.2, 0.25) is 0 Å². The molecule has 0 spiro atoms. The minimum absolute atomic E-state index is 0.106. The summed E-state index contributed by atoms with van der Waals surface area (Å²) in [5.74, 6) is 1.47. The number of ether oxygens (including phenoxy) is 5. The molecular formula is C51H72ClN4O10PS2. The fraction of sp³-hybridized carbons (Fsp3) is 0.549. The molecule has 0 bridgehead atoms. The number of nitrogens with one attached hydrogen (secondary N) is 2. The number of aryl methyl sites for hydroxylation is 1. The summed E-state index contributed by atoms with van der Waals surface area (Å²) in [5, 5.41) is 2.88. The third-order valence-corrected chi connectivity index (χ3v) is 16.8. The number of H-pyrrole nitrogens is 1. The Morgan fingerprint density at radius 1 is 0.899 bits per heavy atom. The zero-order valence-electron chi connectivity index (χ0n) is 41.4. The molecule has 4 atom stereocenters. The van der Waals surface area contributed by atoms with Crippen molar-refractivity contribution in [2.45, 2.75) is 128 Å². The number of methoxy groups -OCH3 is 1. The first-order valence-corrected chi connectivity index (χ1v) is 27.8. The largest absolute Gasteiger partial charge is 0.497 e. The van der Waals surface area contributed by atoms with E-state index in [-0.39, 0.29) is 18.0 Å². The number of aromatic nitrogens is 2. The van der Waals surface area contributed by atoms with E-state index in [9.17, 15) is 14.4 Å². The van der Waals surface area contributed by atoms with Gasteiger partial charge in [0.25, 0.3) is 14.1 Å². The zero-order chi connectivity index (χ0) is 49.8. The molecule has 380 valence electrons. The van der Waals surface area contributed by atoms with Crippen LogP contribution in [-0.2, 0) is 33.6 Å². The lowest BCUT2D eigenvalue weighted by molar-refractivity contribution is -0.100. The molecule has 1 aliphatic rings. The van der Waals surface area contributed by atoms with Crippen molar-refractivity contribution < 1.29 is 37.5 Å². The molecule has 1 aliphatic heterocycles. The number of alkyl carbamates (subject to hydrolysis) is 1. The molecule has 69 heavy (non-hydrogen) atoms. The van der Waals surface area contributed by atoms with E-state index >= 15 is 0 Å². The van der Waals surface area contributed by atoms with E-state index in [1.807, 2.05) is 84.9 Å². The van der Waals surface area contributed by atoms with Crippen LogP contribution >= 0.6 is 41.7 Å². The van der Waals surface area contributed by atoms with Gasteiger partial charge in [-0.15, -0.1) is 11.6 Å². The van der Waals surface area contributed by atoms with Gasteiger partial charge in [-0.3, -0.25) is 14.3 Å². The van der Waals surface area contributed by atoms with Crippen molar-refractivity contribution in [2.75, 3.05) is 51.9 Å². The molecule has 18 heteroatoms. The molecule has 4 aromatic rings. The van der Waals surface area contributed by atoms with Crippen LogP contribution in [-0.4, -0.2) is 101 Å². The predicted molar refractivity (Wildman–Crippen MR) is 279 cm³/mol. The summed E-state index contributed by atoms with van der Waals surface area (Å²) in [6.07, 6.45) is 4.02. The summed E-state index contributed by atoms with van der Waals surface area (Å²) in [6.45, 7) is 16.4. The van der Waals surface area contributed by atoms with E-state index in [1.165, 1.54) is 10.8 Å². The Balaban J connectivity index is 1.13. The van der Waals surface area contributed by atoms with Crippen molar-refractivity contribution in [3.8, 4) is 5.75 Å². The van der Waals surface area contributed by atoms with Gasteiger partial charge < -0.3 is 38.0 Å². The van der Waals surface area contributed by atoms with E-state index in [4.69, 9.17) is 44.3 Å². The van der Waals surface area contributed by atoms with Crippen LogP contribution in [0.4, 0.5) is 4.79 Å². The van der Waals surface area contributed by atoms with E-state index in [0.29, 0.717) is 62.1 Å². The molecule has 14 nitrogen and oxygen atoms in total. The SMILES string of the molecule is COc1ccc(C(OC[C@H]2O[C@@H](n3cc(C)c(=O)[nH]c3=O)C[C@@H]2OCSSC(C)(C)CCOC(=O)NCCCCCCOP(OCCCl)N(C(C)C)C(C)C)(c2ccccc2)c2ccccc2)cc1. The minimum Gasteiger partial charge on any atom is -0.497 e. The molecule has 2 heterocycles. The van der Waals surface area contributed by atoms with Gasteiger partial charge in [-0.05, 0) is 96.6 Å². The first-order valence-electron chi connectivity index (χ1n) is 23.8. The number of nitrogens with zero attached hydrogens (tertiary/aromatic N) is 2. The Morgan fingerprint density at radius 2 is 1.52 bits per heavy atom. The second kappa shape index (κ2) is 28.6. The molecule has 1 amide bonds. The fourth-order valence-corrected chi connectivity index (χ4v) is 12.2. The van der Waals surface area contributed by atoms with Crippen LogP contribution in [0.2, 0.25) is 0 Å². The number of halogens is 1. The second-order valence-corrected chi connectivity index (χ2v) is 22.8. The monoisotopic (exact) mass is 1030 g/mol. The highest BCUT2D eigenvalue weighted by atomic mass is 35.5. The van der Waals surface area contributed by atoms with E-state index in [2.05, 4.69) is 56.5 Å². The average Bonchev–Trinajstić information content (AvgIpc) is 3.74. The van der Waals surface area contributed by atoms with E-state index < -0.39 is 49.9 Å². The van der Waals surface area contributed by atoms with Gasteiger partial charge in [-0.2, -0.15) is 0 Å². The standard InChI is InChI=1S/C51H72ClN4O10PS2/c1-37(2)56(38(3)4)67(65-32-28-52)64-30-18-10-9-17-29-53-49(59)61-31-27-50(6,7)69-68-36-62-44-33-46(55-34-39(5)47(57)54-48(55)58)66-45(44)35-63-51(40-19-13-11-14-20-40,41-21-15-12-16-22-41)42-23-25-43(60-8)26-24-42/h11-16,19-26,34,37-38,44-46H,9-10,17-18,27-33,35-36H2,1-8H3,(H,53,59)(H,54,57,58)/t44-,45+,46+,67?/m0/s1. The van der Waals surface area contributed by atoms with Gasteiger partial charge >= 0.3 is 11.8 Å². The molecular weight excluding hydrogens is 959 g/mol. The summed E-state index contributed by atoms with van der Waals surface area (Å²) >= 11 is 5.89. The van der Waals surface area contributed by atoms with Crippen LogP contribution in [0, 0.1) is 6.92 Å². The molecule has 1 aromatic heterocycles. The summed E-state index contributed by atoms with van der Waals surface area (Å²) < 4.78 is 47.0. The van der Waals surface area contributed by atoms with Gasteiger partial charge in [0.1, 0.15) is 29.6 Å². The Kier molecular flexibility index (Phi) is 23.4. The van der Waals surface area contributed by atoms with Crippen LogP contribution in [0.5, 0.6) is 5.75 Å². The number of hydrogen-bond donors (Lipinski definition) is 2. The van der Waals surface area contributed by atoms with Crippen LogP contribution in [0.3, 0.4) is 0 Å². The average molecular weight is 1030 g/mol. The second-order valence-electron chi connectivity index (χ2n) is 18.0. The normalized spacial score (nSPS) is 16.9. The van der Waals surface area contributed by atoms with Gasteiger partial charge in [-0.25, -0.2) is 14.3 Å². The van der Waals surface area contributed by atoms with Crippen molar-refractivity contribution >= 4 is 47.8 Å². The van der Waals surface area contributed by atoms with Gasteiger partial charge in [-0.1, -0.05) is 107 Å². The molecule has 0 radical (unpaired) electrons. The number of benzene rings is 3. The van der Waals surface area contributed by atoms with Gasteiger partial charge in [0.15, 0.2) is 0 Å². The number of carbonyl (C=O) groups is 1. The number of aromatic amines is 1. The van der Waals surface area contributed by atoms with Crippen molar-refractivity contribution in [3.05, 3.63) is 134 Å². The summed E-state index contributed by atoms with van der Waals surface area (Å²) in [4.78, 5) is 40.3. The maximum Gasteiger partial charge on any atom is 0.407 e. The van der Waals surface area contributed by atoms with Crippen molar-refractivity contribution in [1.29, 1.82) is 0 Å². The molecule has 5 rings (SSSR count). The number of hydrogen-bond acceptors (Lipinski definition) is 13. The van der Waals surface area contributed by atoms with Gasteiger partial charge in [0, 0.05) is 47.4 Å². The summed E-state index contributed by atoms with van der Waals surface area (Å²) in [7, 11) is 3.67. The third kappa shape index (κ3) is 16.8. The minimum atomic E-state index is -1.17. The highest BCUT2D eigenvalue weighted by molar-refractivity contribution is 8.77. The Hall–Kier alpha value is -3.41. The number of rotatable bonds is 30.